The molecule has 0 aromatic heterocycles. The predicted molar refractivity (Wildman–Crippen MR) is 79.7 cm³/mol. The number of hydrogen-bond donors (Lipinski definition) is 1. The van der Waals surface area contributed by atoms with E-state index in [2.05, 4.69) is 43.4 Å². The Labute approximate surface area is 121 Å². The highest BCUT2D eigenvalue weighted by atomic mass is 16.6. The highest BCUT2D eigenvalue weighted by Crippen LogP contribution is 2.18. The summed E-state index contributed by atoms with van der Waals surface area (Å²) in [5.74, 6) is 0.667. The molecule has 1 atom stereocenters. The monoisotopic (exact) mass is 276 g/mol. The largest absolute Gasteiger partial charge is 0.448 e. The van der Waals surface area contributed by atoms with Gasteiger partial charge in [-0.1, -0.05) is 38.1 Å². The van der Waals surface area contributed by atoms with Crippen molar-refractivity contribution in [3.63, 3.8) is 0 Å². The van der Waals surface area contributed by atoms with E-state index in [0.29, 0.717) is 25.6 Å². The van der Waals surface area contributed by atoms with E-state index in [4.69, 9.17) is 4.74 Å². The third-order valence-electron chi connectivity index (χ3n) is 3.62. The predicted octanol–water partition coefficient (Wildman–Crippen LogP) is 2.60. The first-order valence-electron chi connectivity index (χ1n) is 7.28. The average Bonchev–Trinajstić information content (AvgIpc) is 2.82. The number of rotatable bonds is 6. The Balaban J connectivity index is 2.01. The molecule has 0 radical (unpaired) electrons. The van der Waals surface area contributed by atoms with Crippen LogP contribution in [0.25, 0.3) is 0 Å². The van der Waals surface area contributed by atoms with Crippen molar-refractivity contribution in [2.75, 3.05) is 26.7 Å². The number of amides is 1. The van der Waals surface area contributed by atoms with Gasteiger partial charge >= 0.3 is 6.09 Å². The first-order chi connectivity index (χ1) is 9.60. The van der Waals surface area contributed by atoms with Crippen LogP contribution in [0.5, 0.6) is 0 Å². The number of carbonyl (C=O) groups is 1. The Hall–Kier alpha value is -1.55. The van der Waals surface area contributed by atoms with Crippen LogP contribution < -0.4 is 5.32 Å². The van der Waals surface area contributed by atoms with Crippen molar-refractivity contribution < 1.29 is 9.53 Å². The quantitative estimate of drug-likeness (QED) is 0.868. The Kier molecular flexibility index (Phi) is 5.01. The van der Waals surface area contributed by atoms with Crippen molar-refractivity contribution in [2.24, 2.45) is 5.92 Å². The summed E-state index contributed by atoms with van der Waals surface area (Å²) in [4.78, 5) is 13.3. The molecule has 0 spiro atoms. The van der Waals surface area contributed by atoms with Crippen molar-refractivity contribution >= 4 is 6.09 Å². The molecule has 1 aliphatic heterocycles. The summed E-state index contributed by atoms with van der Waals surface area (Å²) in [6.07, 6.45) is 0.893. The summed E-state index contributed by atoms with van der Waals surface area (Å²) in [5.41, 5.74) is 2.57. The fourth-order valence-electron chi connectivity index (χ4n) is 2.53. The molecule has 2 rings (SSSR count). The molecule has 1 amide bonds. The van der Waals surface area contributed by atoms with E-state index in [1.54, 1.807) is 4.90 Å². The second-order valence-corrected chi connectivity index (χ2v) is 5.74. The van der Waals surface area contributed by atoms with Gasteiger partial charge in [-0.25, -0.2) is 4.79 Å². The minimum absolute atomic E-state index is 0.147. The minimum Gasteiger partial charge on any atom is -0.448 e. The van der Waals surface area contributed by atoms with Gasteiger partial charge in [-0.3, -0.25) is 0 Å². The molecule has 0 bridgehead atoms. The van der Waals surface area contributed by atoms with Crippen molar-refractivity contribution in [3.05, 3.63) is 35.4 Å². The number of nitrogens with zero attached hydrogens (tertiary/aromatic N) is 1. The lowest BCUT2D eigenvalue weighted by Crippen LogP contribution is -2.34. The van der Waals surface area contributed by atoms with Gasteiger partial charge in [0.05, 0.1) is 6.54 Å². The number of hydrogen-bond acceptors (Lipinski definition) is 3. The summed E-state index contributed by atoms with van der Waals surface area (Å²) in [6.45, 7) is 6.29. The molecule has 20 heavy (non-hydrogen) atoms. The van der Waals surface area contributed by atoms with Gasteiger partial charge < -0.3 is 15.0 Å². The lowest BCUT2D eigenvalue weighted by Gasteiger charge is -2.22. The Morgan fingerprint density at radius 1 is 1.30 bits per heavy atom. The van der Waals surface area contributed by atoms with E-state index in [1.807, 2.05) is 7.05 Å². The van der Waals surface area contributed by atoms with Crippen LogP contribution in [0.3, 0.4) is 0 Å². The smallest absolute Gasteiger partial charge is 0.410 e. The molecule has 1 aromatic rings. The molecule has 1 aromatic carbocycles. The van der Waals surface area contributed by atoms with Crippen molar-refractivity contribution in [1.29, 1.82) is 0 Å². The number of benzene rings is 1. The molecule has 110 valence electrons. The maximum Gasteiger partial charge on any atom is 0.410 e. The fraction of sp³-hybridized carbons (Fsp3) is 0.562. The maximum atomic E-state index is 11.5. The van der Waals surface area contributed by atoms with Gasteiger partial charge in [-0.05, 0) is 30.5 Å². The molecule has 1 aliphatic rings. The van der Waals surface area contributed by atoms with Gasteiger partial charge in [0.1, 0.15) is 6.61 Å². The van der Waals surface area contributed by atoms with Gasteiger partial charge in [0.15, 0.2) is 0 Å². The van der Waals surface area contributed by atoms with Crippen LogP contribution in [0.4, 0.5) is 4.79 Å². The van der Waals surface area contributed by atoms with Crippen LogP contribution in [0, 0.1) is 5.92 Å². The standard InChI is InChI=1S/C16H24N2O2/c1-12(2)10-13-4-6-14(7-5-13)15(17-3)11-18-8-9-20-16(18)19/h4-7,12,15,17H,8-11H2,1-3H3. The van der Waals surface area contributed by atoms with Crippen LogP contribution in [0.15, 0.2) is 24.3 Å². The fourth-order valence-corrected chi connectivity index (χ4v) is 2.53. The first kappa shape index (κ1) is 14.9. The van der Waals surface area contributed by atoms with E-state index in [0.717, 1.165) is 6.42 Å². The highest BCUT2D eigenvalue weighted by Gasteiger charge is 2.25. The van der Waals surface area contributed by atoms with Crippen LogP contribution in [0.1, 0.15) is 31.0 Å². The zero-order chi connectivity index (χ0) is 14.5. The van der Waals surface area contributed by atoms with Gasteiger partial charge in [0.25, 0.3) is 0 Å². The molecule has 1 unspecified atom stereocenters. The zero-order valence-electron chi connectivity index (χ0n) is 12.6. The van der Waals surface area contributed by atoms with E-state index in [9.17, 15) is 4.79 Å². The third-order valence-corrected chi connectivity index (χ3v) is 3.62. The summed E-state index contributed by atoms with van der Waals surface area (Å²) < 4.78 is 4.97. The van der Waals surface area contributed by atoms with Crippen molar-refractivity contribution in [2.45, 2.75) is 26.3 Å². The average molecular weight is 276 g/mol. The van der Waals surface area contributed by atoms with Gasteiger partial charge in [0, 0.05) is 12.6 Å². The van der Waals surface area contributed by atoms with Crippen LogP contribution in [-0.4, -0.2) is 37.7 Å². The summed E-state index contributed by atoms with van der Waals surface area (Å²) >= 11 is 0. The van der Waals surface area contributed by atoms with Crippen LogP contribution >= 0.6 is 0 Å². The topological polar surface area (TPSA) is 41.6 Å². The third kappa shape index (κ3) is 3.73. The lowest BCUT2D eigenvalue weighted by atomic mass is 9.99. The maximum absolute atomic E-state index is 11.5. The number of ether oxygens (including phenoxy) is 1. The number of likely N-dealkylation sites (N-methyl/N-ethyl adjacent to an activating group) is 1. The molecule has 0 aliphatic carbocycles. The van der Waals surface area contributed by atoms with Gasteiger partial charge in [-0.2, -0.15) is 0 Å². The van der Waals surface area contributed by atoms with Crippen molar-refractivity contribution in [3.8, 4) is 0 Å². The minimum atomic E-state index is -0.207. The van der Waals surface area contributed by atoms with E-state index in [-0.39, 0.29) is 12.1 Å². The molecular formula is C16H24N2O2. The number of cyclic esters (lactones) is 1. The van der Waals surface area contributed by atoms with Crippen LogP contribution in [-0.2, 0) is 11.2 Å². The lowest BCUT2D eigenvalue weighted by molar-refractivity contribution is 0.156. The molecule has 1 N–H and O–H groups in total. The first-order valence-corrected chi connectivity index (χ1v) is 7.28. The second-order valence-electron chi connectivity index (χ2n) is 5.74. The van der Waals surface area contributed by atoms with Gasteiger partial charge in [0.2, 0.25) is 0 Å². The van der Waals surface area contributed by atoms with E-state index >= 15 is 0 Å². The molecule has 1 saturated heterocycles. The molecule has 1 heterocycles. The summed E-state index contributed by atoms with van der Waals surface area (Å²) in [5, 5.41) is 3.28. The number of carbonyl (C=O) groups excluding carboxylic acids is 1. The Bertz CT molecular complexity index is 442. The Morgan fingerprint density at radius 2 is 2.00 bits per heavy atom. The molecule has 4 heteroatoms. The zero-order valence-corrected chi connectivity index (χ0v) is 12.6. The van der Waals surface area contributed by atoms with Crippen LogP contribution in [0.2, 0.25) is 0 Å². The normalized spacial score (nSPS) is 16.6. The SMILES string of the molecule is CNC(CN1CCOC1=O)c1ccc(CC(C)C)cc1. The van der Waals surface area contributed by atoms with E-state index < -0.39 is 0 Å². The second kappa shape index (κ2) is 6.75. The Morgan fingerprint density at radius 3 is 2.50 bits per heavy atom. The van der Waals surface area contributed by atoms with Gasteiger partial charge in [-0.15, -0.1) is 0 Å². The van der Waals surface area contributed by atoms with E-state index in [1.165, 1.54) is 11.1 Å². The number of nitrogens with one attached hydrogen (secondary N) is 1. The molecule has 0 saturated carbocycles. The molecular weight excluding hydrogens is 252 g/mol. The summed E-state index contributed by atoms with van der Waals surface area (Å²) in [6, 6.07) is 8.82. The summed E-state index contributed by atoms with van der Waals surface area (Å²) in [7, 11) is 1.92. The molecule has 1 fully saturated rings. The molecule has 4 nitrogen and oxygen atoms in total. The highest BCUT2D eigenvalue weighted by molar-refractivity contribution is 5.69. The van der Waals surface area contributed by atoms with Crippen molar-refractivity contribution in [1.82, 2.24) is 10.2 Å².